The van der Waals surface area contributed by atoms with Crippen LogP contribution in [-0.4, -0.2) is 80.6 Å². The Hall–Kier alpha value is -3.37. The molecule has 1 aliphatic heterocycles. The molecular formula is C21H26N6O8S. The summed E-state index contributed by atoms with van der Waals surface area (Å²) in [5, 5.41) is 33.9. The third-order valence-corrected chi connectivity index (χ3v) is 6.28. The smallest absolute Gasteiger partial charge is 0.362 e. The van der Waals surface area contributed by atoms with Crippen LogP contribution < -0.4 is 10.0 Å². The summed E-state index contributed by atoms with van der Waals surface area (Å²) < 4.78 is 38.0. The summed E-state index contributed by atoms with van der Waals surface area (Å²) in [6.07, 6.45) is -2.70. The average molecular weight is 523 g/mol. The predicted octanol–water partition coefficient (Wildman–Crippen LogP) is -0.0896. The van der Waals surface area contributed by atoms with E-state index in [-0.39, 0.29) is 5.56 Å². The maximum absolute atomic E-state index is 12.2. The van der Waals surface area contributed by atoms with Gasteiger partial charge in [0.25, 0.3) is 5.91 Å². The summed E-state index contributed by atoms with van der Waals surface area (Å²) in [6, 6.07) is 5.37. The van der Waals surface area contributed by atoms with Gasteiger partial charge in [-0.3, -0.25) is 13.5 Å². The SMILES string of the molecule is CC(C)CNc1ncnc2c1ncn2[C@@H]1O[C@H](COS(=O)(=O)NC(=O)c2ccccc2O)[C@@H](O)[C@H]1O. The van der Waals surface area contributed by atoms with E-state index in [1.165, 1.54) is 41.5 Å². The molecular weight excluding hydrogens is 496 g/mol. The molecule has 3 heterocycles. The van der Waals surface area contributed by atoms with Crippen molar-refractivity contribution in [2.24, 2.45) is 5.92 Å². The van der Waals surface area contributed by atoms with E-state index in [1.807, 2.05) is 13.8 Å². The van der Waals surface area contributed by atoms with E-state index in [0.717, 1.165) is 0 Å². The fourth-order valence-electron chi connectivity index (χ4n) is 3.59. The third kappa shape index (κ3) is 5.39. The first-order valence-electron chi connectivity index (χ1n) is 11.0. The minimum Gasteiger partial charge on any atom is -0.507 e. The summed E-state index contributed by atoms with van der Waals surface area (Å²) in [6.45, 7) is 4.01. The first kappa shape index (κ1) is 25.7. The van der Waals surface area contributed by atoms with E-state index in [0.29, 0.717) is 29.4 Å². The molecule has 1 amide bonds. The van der Waals surface area contributed by atoms with Gasteiger partial charge in [0.2, 0.25) is 0 Å². The van der Waals surface area contributed by atoms with E-state index in [4.69, 9.17) is 8.92 Å². The van der Waals surface area contributed by atoms with Gasteiger partial charge in [0.1, 0.15) is 30.4 Å². The molecule has 0 spiro atoms. The molecule has 1 aromatic carbocycles. The second-order valence-electron chi connectivity index (χ2n) is 8.55. The van der Waals surface area contributed by atoms with Crippen LogP contribution in [0.15, 0.2) is 36.9 Å². The monoisotopic (exact) mass is 522 g/mol. The number of benzene rings is 1. The van der Waals surface area contributed by atoms with Crippen LogP contribution in [0.3, 0.4) is 0 Å². The zero-order valence-electron chi connectivity index (χ0n) is 19.3. The predicted molar refractivity (Wildman–Crippen MR) is 125 cm³/mol. The minimum absolute atomic E-state index is 0.270. The van der Waals surface area contributed by atoms with Crippen LogP contribution in [0.25, 0.3) is 11.2 Å². The van der Waals surface area contributed by atoms with E-state index in [2.05, 4.69) is 20.3 Å². The Bertz CT molecular complexity index is 1350. The molecule has 5 N–H and O–H groups in total. The number of carbonyl (C=O) groups is 1. The van der Waals surface area contributed by atoms with Crippen molar-refractivity contribution in [3.05, 3.63) is 42.5 Å². The Morgan fingerprint density at radius 1 is 1.19 bits per heavy atom. The van der Waals surface area contributed by atoms with Crippen molar-refractivity contribution >= 4 is 33.2 Å². The number of nitrogens with zero attached hydrogens (tertiary/aromatic N) is 4. The number of hydrogen-bond acceptors (Lipinski definition) is 12. The molecule has 0 unspecified atom stereocenters. The maximum atomic E-state index is 12.2. The number of carbonyl (C=O) groups excluding carboxylic acids is 1. The van der Waals surface area contributed by atoms with Crippen LogP contribution in [0.5, 0.6) is 5.75 Å². The summed E-state index contributed by atoms with van der Waals surface area (Å²) in [5.74, 6) is -0.672. The van der Waals surface area contributed by atoms with E-state index < -0.39 is 53.1 Å². The van der Waals surface area contributed by atoms with Crippen molar-refractivity contribution in [3.63, 3.8) is 0 Å². The van der Waals surface area contributed by atoms with Gasteiger partial charge < -0.3 is 25.4 Å². The lowest BCUT2D eigenvalue weighted by molar-refractivity contribution is -0.0468. The lowest BCUT2D eigenvalue weighted by Crippen LogP contribution is -2.37. The highest BCUT2D eigenvalue weighted by molar-refractivity contribution is 7.85. The molecule has 194 valence electrons. The molecule has 3 aromatic rings. The van der Waals surface area contributed by atoms with Gasteiger partial charge in [-0.2, -0.15) is 8.42 Å². The molecule has 14 nitrogen and oxygen atoms in total. The van der Waals surface area contributed by atoms with Crippen molar-refractivity contribution < 1.29 is 37.5 Å². The van der Waals surface area contributed by atoms with Gasteiger partial charge in [0, 0.05) is 6.54 Å². The van der Waals surface area contributed by atoms with Crippen molar-refractivity contribution in [2.75, 3.05) is 18.5 Å². The highest BCUT2D eigenvalue weighted by Crippen LogP contribution is 2.32. The van der Waals surface area contributed by atoms with E-state index in [1.54, 1.807) is 4.72 Å². The molecule has 4 atom stereocenters. The van der Waals surface area contributed by atoms with Crippen LogP contribution in [0.1, 0.15) is 30.4 Å². The van der Waals surface area contributed by atoms with Gasteiger partial charge in [0.05, 0.1) is 18.5 Å². The van der Waals surface area contributed by atoms with Crippen molar-refractivity contribution in [1.82, 2.24) is 24.2 Å². The quantitative estimate of drug-likeness (QED) is 0.251. The molecule has 36 heavy (non-hydrogen) atoms. The number of nitrogens with one attached hydrogen (secondary N) is 2. The standard InChI is InChI=1S/C21H26N6O8S/c1-11(2)7-22-18-15-19(24-9-23-18)27(10-25-15)21-17(30)16(29)14(35-21)8-34-36(32,33)26-20(31)12-5-3-4-6-13(12)28/h3-6,9-11,14,16-17,21,28-30H,7-8H2,1-2H3,(H,26,31)(H,22,23,24)/t14-,16-,17-,21-/m1/s1. The number of aromatic hydroxyl groups is 1. The Balaban J connectivity index is 1.44. The Morgan fingerprint density at radius 3 is 2.67 bits per heavy atom. The summed E-state index contributed by atoms with van der Waals surface area (Å²) in [4.78, 5) is 24.8. The number of hydrogen-bond donors (Lipinski definition) is 5. The number of fused-ring (bicyclic) bond motifs is 1. The molecule has 0 radical (unpaired) electrons. The number of aliphatic hydroxyl groups is 2. The maximum Gasteiger partial charge on any atom is 0.362 e. The molecule has 15 heteroatoms. The topological polar surface area (TPSA) is 198 Å². The summed E-state index contributed by atoms with van der Waals surface area (Å²) >= 11 is 0. The molecule has 0 bridgehead atoms. The molecule has 2 aromatic heterocycles. The van der Waals surface area contributed by atoms with Crippen LogP contribution >= 0.6 is 0 Å². The third-order valence-electron chi connectivity index (χ3n) is 5.40. The first-order valence-corrected chi connectivity index (χ1v) is 12.4. The van der Waals surface area contributed by atoms with Gasteiger partial charge in [0.15, 0.2) is 23.2 Å². The number of rotatable bonds is 9. The van der Waals surface area contributed by atoms with E-state index >= 15 is 0 Å². The number of amides is 1. The number of para-hydroxylation sites is 1. The number of phenolic OH excluding ortho intramolecular Hbond substituents is 1. The van der Waals surface area contributed by atoms with Gasteiger partial charge in [-0.05, 0) is 18.1 Å². The molecule has 0 aliphatic carbocycles. The van der Waals surface area contributed by atoms with E-state index in [9.17, 15) is 28.5 Å². The zero-order chi connectivity index (χ0) is 26.0. The van der Waals surface area contributed by atoms with Gasteiger partial charge >= 0.3 is 10.3 Å². The first-order chi connectivity index (χ1) is 17.1. The summed E-state index contributed by atoms with van der Waals surface area (Å²) in [7, 11) is -4.63. The molecule has 1 aliphatic rings. The van der Waals surface area contributed by atoms with Crippen molar-refractivity contribution in [3.8, 4) is 5.75 Å². The highest BCUT2D eigenvalue weighted by Gasteiger charge is 2.45. The number of aliphatic hydroxyl groups excluding tert-OH is 2. The zero-order valence-corrected chi connectivity index (χ0v) is 20.2. The fourth-order valence-corrected chi connectivity index (χ4v) is 4.29. The second-order valence-corrected chi connectivity index (χ2v) is 9.90. The minimum atomic E-state index is -4.63. The van der Waals surface area contributed by atoms with Gasteiger partial charge in [-0.1, -0.05) is 26.0 Å². The molecule has 1 saturated heterocycles. The Morgan fingerprint density at radius 2 is 1.94 bits per heavy atom. The van der Waals surface area contributed by atoms with Gasteiger partial charge in [-0.25, -0.2) is 19.7 Å². The molecule has 1 fully saturated rings. The van der Waals surface area contributed by atoms with Gasteiger partial charge in [-0.15, -0.1) is 0 Å². The second kappa shape index (κ2) is 10.3. The van der Waals surface area contributed by atoms with Crippen LogP contribution in [0, 0.1) is 5.92 Å². The summed E-state index contributed by atoms with van der Waals surface area (Å²) in [5.41, 5.74) is 0.489. The normalized spacial score (nSPS) is 22.2. The van der Waals surface area contributed by atoms with Crippen LogP contribution in [0.4, 0.5) is 5.82 Å². The number of aromatic nitrogens is 4. The Kier molecular flexibility index (Phi) is 7.37. The van der Waals surface area contributed by atoms with Crippen molar-refractivity contribution in [2.45, 2.75) is 38.4 Å². The fraction of sp³-hybridized carbons (Fsp3) is 0.429. The number of anilines is 1. The molecule has 0 saturated carbocycles. The number of imidazole rings is 1. The van der Waals surface area contributed by atoms with Crippen LogP contribution in [-0.2, 0) is 19.2 Å². The number of phenols is 1. The van der Waals surface area contributed by atoms with Crippen LogP contribution in [0.2, 0.25) is 0 Å². The lowest BCUT2D eigenvalue weighted by atomic mass is 10.1. The largest absolute Gasteiger partial charge is 0.507 e. The highest BCUT2D eigenvalue weighted by atomic mass is 32.2. The Labute approximate surface area is 206 Å². The lowest BCUT2D eigenvalue weighted by Gasteiger charge is -2.16. The number of ether oxygens (including phenoxy) is 1. The van der Waals surface area contributed by atoms with Crippen molar-refractivity contribution in [1.29, 1.82) is 0 Å². The molecule has 4 rings (SSSR count). The average Bonchev–Trinajstić information content (AvgIpc) is 3.37.